The van der Waals surface area contributed by atoms with E-state index in [1.54, 1.807) is 5.38 Å². The third kappa shape index (κ3) is 3.97. The maximum Gasteiger partial charge on any atom is 0.259 e. The maximum atomic E-state index is 12.3. The van der Waals surface area contributed by atoms with Crippen molar-refractivity contribution < 1.29 is 22.0 Å². The lowest BCUT2D eigenvalue weighted by atomic mass is 10.1. The normalized spacial score (nSPS) is 12.8. The number of thiazole rings is 1. The fourth-order valence-corrected chi connectivity index (χ4v) is 4.43. The summed E-state index contributed by atoms with van der Waals surface area (Å²) in [6, 6.07) is 4.25. The van der Waals surface area contributed by atoms with Gasteiger partial charge in [-0.2, -0.15) is 0 Å². The average Bonchev–Trinajstić information content (AvgIpc) is 2.94. The summed E-state index contributed by atoms with van der Waals surface area (Å²) >= 11 is -1.37. The van der Waals surface area contributed by atoms with Gasteiger partial charge in [-0.25, -0.2) is 17.6 Å². The quantitative estimate of drug-likeness (QED) is 0.600. The number of carbonyl (C=O) groups is 1. The van der Waals surface area contributed by atoms with Crippen molar-refractivity contribution in [2.45, 2.75) is 17.0 Å². The lowest BCUT2D eigenvalue weighted by Gasteiger charge is -2.10. The molecule has 0 aliphatic carbocycles. The second-order valence-corrected chi connectivity index (χ2v) is 8.10. The zero-order valence-electron chi connectivity index (χ0n) is 11.3. The molecule has 1 atom stereocenters. The highest BCUT2D eigenvalue weighted by Gasteiger charge is 2.21. The van der Waals surface area contributed by atoms with Gasteiger partial charge in [-0.05, 0) is 30.7 Å². The molecule has 1 heterocycles. The van der Waals surface area contributed by atoms with E-state index in [0.29, 0.717) is 5.56 Å². The van der Waals surface area contributed by atoms with Crippen LogP contribution in [-0.4, -0.2) is 27.9 Å². The fourth-order valence-electron chi connectivity index (χ4n) is 1.76. The molecule has 0 bridgehead atoms. The van der Waals surface area contributed by atoms with E-state index in [9.17, 15) is 17.4 Å². The van der Waals surface area contributed by atoms with Gasteiger partial charge in [0.25, 0.3) is 11.3 Å². The predicted octanol–water partition coefficient (Wildman–Crippen LogP) is 1.87. The van der Waals surface area contributed by atoms with Gasteiger partial charge in [-0.3, -0.25) is 14.1 Å². The molecule has 0 amide bonds. The van der Waals surface area contributed by atoms with Crippen LogP contribution in [0.3, 0.4) is 0 Å². The Morgan fingerprint density at radius 1 is 1.45 bits per heavy atom. The molecule has 0 saturated heterocycles. The highest BCUT2D eigenvalue weighted by atomic mass is 32.2. The smallest absolute Gasteiger partial charge is 0.259 e. The van der Waals surface area contributed by atoms with Crippen molar-refractivity contribution in [3.8, 4) is 0 Å². The van der Waals surface area contributed by atoms with E-state index in [1.807, 2.05) is 0 Å². The number of anilines is 1. The molecule has 0 saturated carbocycles. The highest BCUT2D eigenvalue weighted by Crippen LogP contribution is 2.25. The van der Waals surface area contributed by atoms with Crippen molar-refractivity contribution in [1.29, 1.82) is 0 Å². The first-order valence-electron chi connectivity index (χ1n) is 5.93. The van der Waals surface area contributed by atoms with Crippen LogP contribution >= 0.6 is 11.3 Å². The topological polar surface area (TPSA) is 113 Å². The number of hydrogen-bond acceptors (Lipinski definition) is 6. The van der Waals surface area contributed by atoms with Gasteiger partial charge in [0.05, 0.1) is 11.4 Å². The SMILES string of the molecule is CC(=O)c1ccc(NS(=O)O)c(CS(=O)(=O)c2nccs2)c1. The van der Waals surface area contributed by atoms with Crippen molar-refractivity contribution in [2.75, 3.05) is 4.72 Å². The minimum Gasteiger partial charge on any atom is -0.295 e. The fraction of sp³-hybridized carbons (Fsp3) is 0.167. The molecule has 0 spiro atoms. The minimum atomic E-state index is -3.70. The summed E-state index contributed by atoms with van der Waals surface area (Å²) in [5.41, 5.74) is 0.717. The molecular formula is C12H12N2O5S3. The van der Waals surface area contributed by atoms with Crippen LogP contribution in [0.5, 0.6) is 0 Å². The van der Waals surface area contributed by atoms with Crippen molar-refractivity contribution in [3.63, 3.8) is 0 Å². The molecule has 0 radical (unpaired) electrons. The molecule has 1 unspecified atom stereocenters. The molecule has 0 fully saturated rings. The highest BCUT2D eigenvalue weighted by molar-refractivity contribution is 7.92. The lowest BCUT2D eigenvalue weighted by Crippen LogP contribution is -2.10. The number of carbonyl (C=O) groups excluding carboxylic acids is 1. The first kappa shape index (κ1) is 16.7. The van der Waals surface area contributed by atoms with E-state index in [2.05, 4.69) is 9.71 Å². The second kappa shape index (κ2) is 6.65. The molecule has 0 aliphatic heterocycles. The summed E-state index contributed by atoms with van der Waals surface area (Å²) in [7, 11) is -3.70. The van der Waals surface area contributed by atoms with E-state index in [-0.39, 0.29) is 21.4 Å². The molecule has 118 valence electrons. The second-order valence-electron chi connectivity index (χ2n) is 4.34. The molecule has 1 aromatic heterocycles. The molecule has 0 aliphatic rings. The Morgan fingerprint density at radius 3 is 2.73 bits per heavy atom. The van der Waals surface area contributed by atoms with E-state index in [4.69, 9.17) is 4.55 Å². The standard InChI is InChI=1S/C12H12N2O5S3/c1-8(15)9-2-3-11(14-21(16)17)10(6-9)7-22(18,19)12-13-4-5-20-12/h2-6,14H,7H2,1H3,(H,16,17). The Labute approximate surface area is 133 Å². The van der Waals surface area contributed by atoms with Crippen LogP contribution in [0.15, 0.2) is 34.1 Å². The Hall–Kier alpha value is -1.62. The predicted molar refractivity (Wildman–Crippen MR) is 83.8 cm³/mol. The van der Waals surface area contributed by atoms with Crippen LogP contribution in [-0.2, 0) is 26.9 Å². The van der Waals surface area contributed by atoms with Crippen LogP contribution in [0.1, 0.15) is 22.8 Å². The number of nitrogens with zero attached hydrogens (tertiary/aromatic N) is 1. The van der Waals surface area contributed by atoms with Crippen LogP contribution in [0.4, 0.5) is 5.69 Å². The van der Waals surface area contributed by atoms with Crippen LogP contribution in [0, 0.1) is 0 Å². The van der Waals surface area contributed by atoms with E-state index < -0.39 is 26.9 Å². The number of sulfone groups is 1. The van der Waals surface area contributed by atoms with Gasteiger partial charge in [0, 0.05) is 17.1 Å². The molecule has 1 aromatic carbocycles. The summed E-state index contributed by atoms with van der Waals surface area (Å²) in [6.07, 6.45) is 1.38. The first-order chi connectivity index (χ1) is 10.3. The Morgan fingerprint density at radius 2 is 2.18 bits per heavy atom. The number of rotatable bonds is 6. The third-order valence-electron chi connectivity index (χ3n) is 2.73. The molecule has 7 nitrogen and oxygen atoms in total. The van der Waals surface area contributed by atoms with Crippen LogP contribution < -0.4 is 4.72 Å². The zero-order valence-corrected chi connectivity index (χ0v) is 13.8. The summed E-state index contributed by atoms with van der Waals surface area (Å²) in [5.74, 6) is -0.661. The van der Waals surface area contributed by atoms with Gasteiger partial charge in [0.15, 0.2) is 5.78 Å². The van der Waals surface area contributed by atoms with Crippen LogP contribution in [0.25, 0.3) is 0 Å². The lowest BCUT2D eigenvalue weighted by molar-refractivity contribution is 0.101. The van der Waals surface area contributed by atoms with Gasteiger partial charge in [0.2, 0.25) is 14.2 Å². The molecule has 2 aromatic rings. The number of aromatic nitrogens is 1. The number of nitrogens with one attached hydrogen (secondary N) is 1. The zero-order chi connectivity index (χ0) is 16.3. The summed E-state index contributed by atoms with van der Waals surface area (Å²) in [5, 5.41) is 1.54. The van der Waals surface area contributed by atoms with Crippen molar-refractivity contribution in [1.82, 2.24) is 4.98 Å². The summed E-state index contributed by atoms with van der Waals surface area (Å²) < 4.78 is 46.6. The van der Waals surface area contributed by atoms with Crippen LogP contribution in [0.2, 0.25) is 0 Å². The van der Waals surface area contributed by atoms with Gasteiger partial charge >= 0.3 is 0 Å². The molecule has 22 heavy (non-hydrogen) atoms. The van der Waals surface area contributed by atoms with Crippen molar-refractivity contribution >= 4 is 43.9 Å². The maximum absolute atomic E-state index is 12.3. The molecule has 2 rings (SSSR count). The molecular weight excluding hydrogens is 348 g/mol. The number of benzene rings is 1. The first-order valence-corrected chi connectivity index (χ1v) is 9.57. The van der Waals surface area contributed by atoms with Crippen molar-refractivity contribution in [2.24, 2.45) is 0 Å². The Balaban J connectivity index is 2.45. The van der Waals surface area contributed by atoms with E-state index in [0.717, 1.165) is 11.3 Å². The Kier molecular flexibility index (Phi) is 5.06. The molecule has 10 heteroatoms. The number of ketones is 1. The van der Waals surface area contributed by atoms with Crippen molar-refractivity contribution in [3.05, 3.63) is 40.9 Å². The molecule has 2 N–H and O–H groups in total. The van der Waals surface area contributed by atoms with Gasteiger partial charge in [-0.1, -0.05) is 0 Å². The number of hydrogen-bond donors (Lipinski definition) is 2. The summed E-state index contributed by atoms with van der Waals surface area (Å²) in [4.78, 5) is 15.2. The monoisotopic (exact) mass is 360 g/mol. The van der Waals surface area contributed by atoms with E-state index in [1.165, 1.54) is 31.3 Å². The number of Topliss-reactive ketones (excluding diaryl/α,β-unsaturated/α-hetero) is 1. The minimum absolute atomic E-state index is 0.0446. The Bertz CT molecular complexity index is 815. The third-order valence-corrected chi connectivity index (χ3v) is 6.07. The van der Waals surface area contributed by atoms with Gasteiger partial charge < -0.3 is 0 Å². The van der Waals surface area contributed by atoms with E-state index >= 15 is 0 Å². The average molecular weight is 360 g/mol. The largest absolute Gasteiger partial charge is 0.295 e. The summed E-state index contributed by atoms with van der Waals surface area (Å²) in [6.45, 7) is 1.35. The van der Waals surface area contributed by atoms with Gasteiger partial charge in [0.1, 0.15) is 0 Å². The van der Waals surface area contributed by atoms with Gasteiger partial charge in [-0.15, -0.1) is 11.3 Å².